The van der Waals surface area contributed by atoms with Gasteiger partial charge in [0.15, 0.2) is 0 Å². The van der Waals surface area contributed by atoms with E-state index in [1.165, 1.54) is 19.3 Å². The van der Waals surface area contributed by atoms with Gasteiger partial charge in [0, 0.05) is 16.3 Å². The first-order valence-electron chi connectivity index (χ1n) is 10.5. The van der Waals surface area contributed by atoms with E-state index in [0.29, 0.717) is 17.8 Å². The first-order chi connectivity index (χ1) is 13.1. The van der Waals surface area contributed by atoms with Crippen molar-refractivity contribution < 1.29 is 4.57 Å². The molecule has 2 aliphatic rings. The van der Waals surface area contributed by atoms with Crippen LogP contribution in [0.1, 0.15) is 46.0 Å². The number of rotatable bonds is 4. The topological polar surface area (TPSA) is 17.1 Å². The fourth-order valence-corrected chi connectivity index (χ4v) is 9.30. The van der Waals surface area contributed by atoms with Gasteiger partial charge in [0.2, 0.25) is 0 Å². The van der Waals surface area contributed by atoms with Crippen molar-refractivity contribution in [2.24, 2.45) is 17.8 Å². The van der Waals surface area contributed by atoms with Crippen LogP contribution in [0.5, 0.6) is 0 Å². The zero-order valence-corrected chi connectivity index (χ0v) is 17.4. The van der Waals surface area contributed by atoms with Crippen LogP contribution in [0, 0.1) is 17.8 Å². The first kappa shape index (κ1) is 18.8. The summed E-state index contributed by atoms with van der Waals surface area (Å²) in [5, 5.41) is 2.08. The van der Waals surface area contributed by atoms with E-state index < -0.39 is 7.14 Å². The number of hydrogen-bond donors (Lipinski definition) is 0. The Morgan fingerprint density at radius 3 is 2.00 bits per heavy atom. The molecular weight excluding hydrogens is 347 g/mol. The Kier molecular flexibility index (Phi) is 5.42. The number of benzene rings is 2. The van der Waals surface area contributed by atoms with Gasteiger partial charge in [0.05, 0.1) is 0 Å². The van der Waals surface area contributed by atoms with Crippen LogP contribution in [-0.4, -0.2) is 5.66 Å². The lowest BCUT2D eigenvalue weighted by atomic mass is 9.82. The summed E-state index contributed by atoms with van der Waals surface area (Å²) in [6.07, 6.45) is 8.37. The van der Waals surface area contributed by atoms with Crippen molar-refractivity contribution in [2.45, 2.75) is 51.6 Å². The second kappa shape index (κ2) is 7.80. The van der Waals surface area contributed by atoms with Crippen LogP contribution in [0.15, 0.2) is 72.3 Å². The molecule has 0 unspecified atom stereocenters. The Morgan fingerprint density at radius 2 is 1.44 bits per heavy atom. The summed E-state index contributed by atoms with van der Waals surface area (Å²) in [5.74, 6) is 1.77. The molecule has 0 heterocycles. The molecule has 27 heavy (non-hydrogen) atoms. The van der Waals surface area contributed by atoms with Gasteiger partial charge in [-0.15, -0.1) is 0 Å². The molecule has 142 valence electrons. The van der Waals surface area contributed by atoms with Gasteiger partial charge in [-0.2, -0.15) is 0 Å². The lowest BCUT2D eigenvalue weighted by molar-refractivity contribution is 0.391. The number of fused-ring (bicyclic) bond motifs is 1. The lowest BCUT2D eigenvalue weighted by Crippen LogP contribution is -2.33. The Bertz CT molecular complexity index is 794. The predicted octanol–water partition coefficient (Wildman–Crippen LogP) is 6.16. The largest absolute Gasteiger partial charge is 0.313 e. The molecule has 1 saturated carbocycles. The maximum atomic E-state index is 14.9. The van der Waals surface area contributed by atoms with Crippen LogP contribution >= 0.6 is 7.14 Å². The normalized spacial score (nSPS) is 25.7. The number of allylic oxidation sites excluding steroid dienone is 2. The first-order valence-corrected chi connectivity index (χ1v) is 12.3. The summed E-state index contributed by atoms with van der Waals surface area (Å²) < 4.78 is 14.9. The average molecular weight is 378 g/mol. The predicted molar refractivity (Wildman–Crippen MR) is 117 cm³/mol. The van der Waals surface area contributed by atoms with Gasteiger partial charge < -0.3 is 4.57 Å². The summed E-state index contributed by atoms with van der Waals surface area (Å²) >= 11 is 0. The van der Waals surface area contributed by atoms with Crippen LogP contribution in [0.4, 0.5) is 0 Å². The van der Waals surface area contributed by atoms with Crippen LogP contribution < -0.4 is 10.6 Å². The molecule has 3 atom stereocenters. The molecule has 0 saturated heterocycles. The van der Waals surface area contributed by atoms with Crippen molar-refractivity contribution in [3.8, 4) is 0 Å². The molecule has 1 nitrogen and oxygen atoms in total. The van der Waals surface area contributed by atoms with E-state index >= 15 is 0 Å². The third-order valence-corrected chi connectivity index (χ3v) is 10.5. The Hall–Kier alpha value is -1.59. The van der Waals surface area contributed by atoms with Crippen LogP contribution in [0.3, 0.4) is 0 Å². The molecule has 0 amide bonds. The standard InChI is InChI=1S/C25H31OP/c1-19(2)22-15-10-18-25(24-17-9-16-23(22)24)27(26,20-11-5-3-6-12-20)21-13-7-4-8-14-21/h3-8,11-15,19,23-25H,9-10,16-18H2,1-2H3/t23-,24+,25+/m0/s1. The van der Waals surface area contributed by atoms with Gasteiger partial charge in [0.25, 0.3) is 0 Å². The minimum atomic E-state index is -2.69. The van der Waals surface area contributed by atoms with Gasteiger partial charge in [-0.25, -0.2) is 0 Å². The van der Waals surface area contributed by atoms with E-state index in [0.717, 1.165) is 23.5 Å². The maximum absolute atomic E-state index is 14.9. The van der Waals surface area contributed by atoms with E-state index in [1.54, 1.807) is 5.57 Å². The molecule has 0 spiro atoms. The molecule has 0 N–H and O–H groups in total. The molecule has 2 heteroatoms. The van der Waals surface area contributed by atoms with Crippen LogP contribution in [0.25, 0.3) is 0 Å². The fraction of sp³-hybridized carbons (Fsp3) is 0.440. The van der Waals surface area contributed by atoms with Crippen molar-refractivity contribution in [1.29, 1.82) is 0 Å². The van der Waals surface area contributed by atoms with Gasteiger partial charge >= 0.3 is 0 Å². The summed E-state index contributed by atoms with van der Waals surface area (Å²) in [7, 11) is -2.69. The smallest absolute Gasteiger partial charge is 0.146 e. The highest BCUT2D eigenvalue weighted by Gasteiger charge is 2.47. The van der Waals surface area contributed by atoms with Gasteiger partial charge in [0.1, 0.15) is 7.14 Å². The van der Waals surface area contributed by atoms with Gasteiger partial charge in [-0.3, -0.25) is 0 Å². The zero-order chi connectivity index (χ0) is 18.9. The van der Waals surface area contributed by atoms with Crippen molar-refractivity contribution in [2.75, 3.05) is 0 Å². The van der Waals surface area contributed by atoms with E-state index in [-0.39, 0.29) is 5.66 Å². The monoisotopic (exact) mass is 378 g/mol. The second-order valence-corrected chi connectivity index (χ2v) is 11.5. The van der Waals surface area contributed by atoms with E-state index in [2.05, 4.69) is 44.2 Å². The third-order valence-electron chi connectivity index (χ3n) is 6.75. The quantitative estimate of drug-likeness (QED) is 0.460. The molecule has 4 rings (SSSR count). The van der Waals surface area contributed by atoms with Crippen molar-refractivity contribution in [3.63, 3.8) is 0 Å². The Balaban J connectivity index is 1.83. The zero-order valence-electron chi connectivity index (χ0n) is 16.6. The van der Waals surface area contributed by atoms with Gasteiger partial charge in [-0.05, 0) is 43.4 Å². The molecule has 0 aliphatic heterocycles. The molecule has 1 fully saturated rings. The van der Waals surface area contributed by atoms with E-state index in [1.807, 2.05) is 36.4 Å². The van der Waals surface area contributed by atoms with Crippen LogP contribution in [-0.2, 0) is 4.57 Å². The highest BCUT2D eigenvalue weighted by atomic mass is 31.2. The summed E-state index contributed by atoms with van der Waals surface area (Å²) in [6.45, 7) is 4.66. The summed E-state index contributed by atoms with van der Waals surface area (Å²) in [5.41, 5.74) is 1.88. The Morgan fingerprint density at radius 1 is 0.852 bits per heavy atom. The molecule has 0 aromatic heterocycles. The van der Waals surface area contributed by atoms with Crippen LogP contribution in [0.2, 0.25) is 0 Å². The third kappa shape index (κ3) is 3.36. The van der Waals surface area contributed by atoms with Crippen molar-refractivity contribution in [1.82, 2.24) is 0 Å². The summed E-state index contributed by atoms with van der Waals surface area (Å²) in [4.78, 5) is 0. The second-order valence-electron chi connectivity index (χ2n) is 8.53. The van der Waals surface area contributed by atoms with E-state index in [4.69, 9.17) is 0 Å². The van der Waals surface area contributed by atoms with Gasteiger partial charge in [-0.1, -0.05) is 92.6 Å². The fourth-order valence-electron chi connectivity index (χ4n) is 5.60. The van der Waals surface area contributed by atoms with E-state index in [9.17, 15) is 4.57 Å². The maximum Gasteiger partial charge on any atom is 0.146 e. The lowest BCUT2D eigenvalue weighted by Gasteiger charge is -2.35. The molecule has 0 bridgehead atoms. The van der Waals surface area contributed by atoms with Crippen molar-refractivity contribution >= 4 is 17.8 Å². The minimum Gasteiger partial charge on any atom is -0.313 e. The molecule has 2 aliphatic carbocycles. The Labute approximate surface area is 164 Å². The highest BCUT2D eigenvalue weighted by Crippen LogP contribution is 2.59. The molecule has 0 radical (unpaired) electrons. The summed E-state index contributed by atoms with van der Waals surface area (Å²) in [6, 6.07) is 20.6. The molecular formula is C25H31OP. The molecule has 2 aromatic carbocycles. The minimum absolute atomic E-state index is 0.252. The molecule has 2 aromatic rings. The highest BCUT2D eigenvalue weighted by molar-refractivity contribution is 7.79. The van der Waals surface area contributed by atoms with Crippen molar-refractivity contribution in [3.05, 3.63) is 72.3 Å². The number of hydrogen-bond acceptors (Lipinski definition) is 1. The SMILES string of the molecule is CC(C)C1=CCC[C@@H](P(=O)(c2ccccc2)c2ccccc2)[C@@H]2CCC[C@@H]12. The average Bonchev–Trinajstić information content (AvgIpc) is 3.10.